The maximum Gasteiger partial charge on any atom is 0.177 e. The van der Waals surface area contributed by atoms with Crippen LogP contribution in [0.1, 0.15) is 36.0 Å². The molecule has 0 fully saturated rings. The lowest BCUT2D eigenvalue weighted by Gasteiger charge is -2.19. The number of carbonyl (C=O) groups excluding carboxylic acids is 1. The molecule has 0 radical (unpaired) electrons. The fourth-order valence-corrected chi connectivity index (χ4v) is 1.83. The van der Waals surface area contributed by atoms with Gasteiger partial charge in [0.25, 0.3) is 0 Å². The van der Waals surface area contributed by atoms with Crippen LogP contribution < -0.4 is 5.32 Å². The molecule has 0 atom stereocenters. The third-order valence-electron chi connectivity index (χ3n) is 1.94. The highest BCUT2D eigenvalue weighted by atomic mass is 32.1. The van der Waals surface area contributed by atoms with Crippen molar-refractivity contribution in [1.82, 2.24) is 5.32 Å². The number of hydrogen-bond acceptors (Lipinski definition) is 3. The van der Waals surface area contributed by atoms with Gasteiger partial charge in [0.05, 0.1) is 6.54 Å². The molecule has 0 aromatic carbocycles. The minimum absolute atomic E-state index is 0.000411. The number of rotatable bonds is 3. The van der Waals surface area contributed by atoms with Crippen LogP contribution >= 0.6 is 11.3 Å². The topological polar surface area (TPSA) is 29.1 Å². The average molecular weight is 211 g/mol. The summed E-state index contributed by atoms with van der Waals surface area (Å²) in [6.45, 7) is 8.57. The first-order valence-corrected chi connectivity index (χ1v) is 5.60. The van der Waals surface area contributed by atoms with Gasteiger partial charge in [-0.2, -0.15) is 0 Å². The molecule has 0 aliphatic rings. The normalized spacial score (nSPS) is 11.7. The minimum atomic E-state index is -0.000411. The zero-order chi connectivity index (χ0) is 10.8. The molecular formula is C11H17NOS. The van der Waals surface area contributed by atoms with E-state index in [1.807, 2.05) is 18.4 Å². The van der Waals surface area contributed by atoms with Crippen LogP contribution in [-0.2, 0) is 0 Å². The van der Waals surface area contributed by atoms with E-state index in [1.165, 1.54) is 0 Å². The van der Waals surface area contributed by atoms with Crippen molar-refractivity contribution in [2.75, 3.05) is 6.54 Å². The van der Waals surface area contributed by atoms with E-state index in [2.05, 4.69) is 26.1 Å². The molecular weight excluding hydrogens is 194 g/mol. The predicted molar refractivity (Wildman–Crippen MR) is 61.1 cm³/mol. The van der Waals surface area contributed by atoms with Gasteiger partial charge in [0.15, 0.2) is 5.78 Å². The molecule has 1 rings (SSSR count). The Labute approximate surface area is 89.3 Å². The Morgan fingerprint density at radius 1 is 1.50 bits per heavy atom. The Morgan fingerprint density at radius 3 is 2.57 bits per heavy atom. The average Bonchev–Trinajstić information content (AvgIpc) is 2.46. The summed E-state index contributed by atoms with van der Waals surface area (Å²) in [6, 6.07) is 1.90. The second-order valence-electron chi connectivity index (χ2n) is 4.42. The molecule has 0 unspecified atom stereocenters. The fraction of sp³-hybridized carbons (Fsp3) is 0.545. The molecule has 1 aromatic heterocycles. The predicted octanol–water partition coefficient (Wildman–Crippen LogP) is 2.63. The van der Waals surface area contributed by atoms with Crippen molar-refractivity contribution < 1.29 is 4.79 Å². The number of thiophene rings is 1. The van der Waals surface area contributed by atoms with Crippen LogP contribution in [0.3, 0.4) is 0 Å². The molecule has 1 aromatic rings. The van der Waals surface area contributed by atoms with Crippen molar-refractivity contribution in [3.8, 4) is 0 Å². The molecule has 0 bridgehead atoms. The lowest BCUT2D eigenvalue weighted by atomic mass is 10.1. The van der Waals surface area contributed by atoms with Gasteiger partial charge in [0.1, 0.15) is 0 Å². The van der Waals surface area contributed by atoms with Gasteiger partial charge in [-0.15, -0.1) is 11.3 Å². The van der Waals surface area contributed by atoms with Crippen LogP contribution in [0.2, 0.25) is 0 Å². The first kappa shape index (κ1) is 11.4. The molecule has 0 spiro atoms. The van der Waals surface area contributed by atoms with Crippen molar-refractivity contribution in [3.63, 3.8) is 0 Å². The Bertz CT molecular complexity index is 322. The van der Waals surface area contributed by atoms with E-state index in [4.69, 9.17) is 0 Å². The van der Waals surface area contributed by atoms with Gasteiger partial charge in [0.2, 0.25) is 0 Å². The van der Waals surface area contributed by atoms with Gasteiger partial charge in [-0.1, -0.05) is 0 Å². The lowest BCUT2D eigenvalue weighted by Crippen LogP contribution is -2.39. The summed E-state index contributed by atoms with van der Waals surface area (Å²) in [5.74, 6) is 0.179. The first-order chi connectivity index (χ1) is 6.40. The molecule has 78 valence electrons. The third kappa shape index (κ3) is 3.24. The van der Waals surface area contributed by atoms with E-state index in [-0.39, 0.29) is 11.3 Å². The van der Waals surface area contributed by atoms with E-state index in [1.54, 1.807) is 11.3 Å². The van der Waals surface area contributed by atoms with Crippen molar-refractivity contribution in [2.24, 2.45) is 0 Å². The second-order valence-corrected chi connectivity index (χ2v) is 5.54. The molecule has 14 heavy (non-hydrogen) atoms. The summed E-state index contributed by atoms with van der Waals surface area (Å²) in [4.78, 5) is 12.8. The van der Waals surface area contributed by atoms with Gasteiger partial charge in [-0.05, 0) is 39.1 Å². The number of ketones is 1. The van der Waals surface area contributed by atoms with Crippen LogP contribution in [0.4, 0.5) is 0 Å². The quantitative estimate of drug-likeness (QED) is 0.779. The van der Waals surface area contributed by atoms with E-state index in [9.17, 15) is 4.79 Å². The highest BCUT2D eigenvalue weighted by Crippen LogP contribution is 2.15. The molecule has 2 nitrogen and oxygen atoms in total. The summed E-state index contributed by atoms with van der Waals surface area (Å²) in [6.07, 6.45) is 0. The molecule has 0 amide bonds. The van der Waals surface area contributed by atoms with Crippen LogP contribution in [-0.4, -0.2) is 17.9 Å². The fourth-order valence-electron chi connectivity index (χ4n) is 1.11. The number of aryl methyl sites for hydroxylation is 1. The molecule has 3 heteroatoms. The summed E-state index contributed by atoms with van der Waals surface area (Å²) in [5, 5.41) is 5.15. The zero-order valence-corrected chi connectivity index (χ0v) is 9.99. The number of carbonyl (C=O) groups is 1. The number of hydrogen-bond donors (Lipinski definition) is 1. The monoisotopic (exact) mass is 211 g/mol. The minimum Gasteiger partial charge on any atom is -0.305 e. The van der Waals surface area contributed by atoms with Crippen LogP contribution in [0.25, 0.3) is 0 Å². The van der Waals surface area contributed by atoms with Gasteiger partial charge < -0.3 is 5.32 Å². The molecule has 0 saturated carbocycles. The Kier molecular flexibility index (Phi) is 3.45. The maximum absolute atomic E-state index is 11.7. The van der Waals surface area contributed by atoms with Gasteiger partial charge in [-0.25, -0.2) is 0 Å². The summed E-state index contributed by atoms with van der Waals surface area (Å²) >= 11 is 1.62. The summed E-state index contributed by atoms with van der Waals surface area (Å²) < 4.78 is 0. The summed E-state index contributed by atoms with van der Waals surface area (Å²) in [5.41, 5.74) is 0.853. The van der Waals surface area contributed by atoms with E-state index < -0.39 is 0 Å². The van der Waals surface area contributed by atoms with Crippen LogP contribution in [0, 0.1) is 6.92 Å². The number of Topliss-reactive ketones (excluding diaryl/α,β-unsaturated/α-hetero) is 1. The Hall–Kier alpha value is -0.670. The Morgan fingerprint density at radius 2 is 2.14 bits per heavy atom. The van der Waals surface area contributed by atoms with Gasteiger partial charge in [-0.3, -0.25) is 4.79 Å². The lowest BCUT2D eigenvalue weighted by molar-refractivity contribution is 0.0982. The maximum atomic E-state index is 11.7. The van der Waals surface area contributed by atoms with Crippen molar-refractivity contribution in [2.45, 2.75) is 33.2 Å². The molecule has 1 N–H and O–H groups in total. The van der Waals surface area contributed by atoms with Gasteiger partial charge in [0, 0.05) is 16.0 Å². The van der Waals surface area contributed by atoms with Crippen molar-refractivity contribution >= 4 is 17.1 Å². The highest BCUT2D eigenvalue weighted by molar-refractivity contribution is 7.10. The van der Waals surface area contributed by atoms with E-state index >= 15 is 0 Å². The van der Waals surface area contributed by atoms with Crippen LogP contribution in [0.15, 0.2) is 11.4 Å². The Balaban J connectivity index is 2.56. The largest absolute Gasteiger partial charge is 0.305 e. The zero-order valence-electron chi connectivity index (χ0n) is 9.18. The van der Waals surface area contributed by atoms with Crippen LogP contribution in [0.5, 0.6) is 0 Å². The molecule has 1 heterocycles. The van der Waals surface area contributed by atoms with Crippen molar-refractivity contribution in [3.05, 3.63) is 21.9 Å². The standard InChI is InChI=1S/C11H17NOS/c1-8-9(5-6-14-8)10(13)7-12-11(2,3)4/h5-6,12H,7H2,1-4H3. The highest BCUT2D eigenvalue weighted by Gasteiger charge is 2.14. The molecule has 0 aliphatic heterocycles. The third-order valence-corrected chi connectivity index (χ3v) is 2.78. The van der Waals surface area contributed by atoms with Gasteiger partial charge >= 0.3 is 0 Å². The smallest absolute Gasteiger partial charge is 0.177 e. The van der Waals surface area contributed by atoms with E-state index in [0.717, 1.165) is 10.4 Å². The van der Waals surface area contributed by atoms with Crippen molar-refractivity contribution in [1.29, 1.82) is 0 Å². The second kappa shape index (κ2) is 4.24. The molecule has 0 saturated heterocycles. The first-order valence-electron chi connectivity index (χ1n) is 4.72. The summed E-state index contributed by atoms with van der Waals surface area (Å²) in [7, 11) is 0. The SMILES string of the molecule is Cc1sccc1C(=O)CNC(C)(C)C. The molecule has 0 aliphatic carbocycles. The van der Waals surface area contributed by atoms with E-state index in [0.29, 0.717) is 6.54 Å². The number of nitrogens with one attached hydrogen (secondary N) is 1.